The molecule has 1 aromatic rings. The summed E-state index contributed by atoms with van der Waals surface area (Å²) in [4.78, 5) is 14.6. The van der Waals surface area contributed by atoms with Crippen molar-refractivity contribution in [3.05, 3.63) is 24.2 Å². The number of hydrogen-bond acceptors (Lipinski definition) is 4. The second kappa shape index (κ2) is 6.21. The zero-order valence-corrected chi connectivity index (χ0v) is 11.4. The lowest BCUT2D eigenvalue weighted by atomic mass is 9.79. The number of nitrogens with two attached hydrogens (primary N) is 1. The second-order valence-electron chi connectivity index (χ2n) is 5.00. The lowest BCUT2D eigenvalue weighted by Gasteiger charge is -2.38. The van der Waals surface area contributed by atoms with Gasteiger partial charge in [0.2, 0.25) is 5.91 Å². The van der Waals surface area contributed by atoms with Crippen LogP contribution in [0, 0.1) is 5.41 Å². The lowest BCUT2D eigenvalue weighted by Crippen LogP contribution is -2.50. The Bertz CT molecular complexity index is 397. The summed E-state index contributed by atoms with van der Waals surface area (Å²) < 4.78 is 10.7. The molecule has 0 saturated carbocycles. The minimum atomic E-state index is -0.457. The Hall–Kier alpha value is -1.33. The van der Waals surface area contributed by atoms with Crippen LogP contribution in [0.25, 0.3) is 0 Å². The quantitative estimate of drug-likeness (QED) is 0.874. The highest BCUT2D eigenvalue weighted by Crippen LogP contribution is 2.32. The van der Waals surface area contributed by atoms with Gasteiger partial charge in [-0.25, -0.2) is 0 Å². The van der Waals surface area contributed by atoms with Crippen LogP contribution in [0.2, 0.25) is 0 Å². The van der Waals surface area contributed by atoms with Crippen molar-refractivity contribution in [3.8, 4) is 0 Å². The maximum absolute atomic E-state index is 12.8. The van der Waals surface area contributed by atoms with Gasteiger partial charge in [0.25, 0.3) is 0 Å². The number of amides is 1. The van der Waals surface area contributed by atoms with Crippen molar-refractivity contribution in [2.75, 3.05) is 26.3 Å². The van der Waals surface area contributed by atoms with Crippen LogP contribution in [0.5, 0.6) is 0 Å². The lowest BCUT2D eigenvalue weighted by molar-refractivity contribution is -0.147. The van der Waals surface area contributed by atoms with Gasteiger partial charge in [-0.05, 0) is 31.9 Å². The zero-order chi connectivity index (χ0) is 13.7. The average molecular weight is 266 g/mol. The van der Waals surface area contributed by atoms with E-state index in [1.165, 1.54) is 0 Å². The number of rotatable bonds is 5. The molecule has 2 heterocycles. The first-order valence-electron chi connectivity index (χ1n) is 6.81. The van der Waals surface area contributed by atoms with Crippen molar-refractivity contribution in [3.63, 3.8) is 0 Å². The summed E-state index contributed by atoms with van der Waals surface area (Å²) in [6.45, 7) is 4.74. The Morgan fingerprint density at radius 2 is 2.21 bits per heavy atom. The molecule has 0 unspecified atom stereocenters. The molecule has 0 aliphatic carbocycles. The maximum Gasteiger partial charge on any atom is 0.230 e. The minimum Gasteiger partial charge on any atom is -0.467 e. The van der Waals surface area contributed by atoms with E-state index < -0.39 is 5.41 Å². The molecule has 1 aliphatic rings. The first kappa shape index (κ1) is 14.1. The molecule has 106 valence electrons. The highest BCUT2D eigenvalue weighted by atomic mass is 16.5. The molecule has 1 amide bonds. The van der Waals surface area contributed by atoms with Crippen LogP contribution in [-0.2, 0) is 16.1 Å². The third kappa shape index (κ3) is 2.98. The molecule has 1 aromatic heterocycles. The molecule has 2 rings (SSSR count). The van der Waals surface area contributed by atoms with Gasteiger partial charge in [-0.3, -0.25) is 4.79 Å². The third-order valence-corrected chi connectivity index (χ3v) is 3.89. The summed E-state index contributed by atoms with van der Waals surface area (Å²) in [7, 11) is 0. The largest absolute Gasteiger partial charge is 0.467 e. The van der Waals surface area contributed by atoms with Crippen LogP contribution in [0.4, 0.5) is 0 Å². The van der Waals surface area contributed by atoms with Crippen molar-refractivity contribution >= 4 is 5.91 Å². The van der Waals surface area contributed by atoms with Gasteiger partial charge in [0.15, 0.2) is 0 Å². The van der Waals surface area contributed by atoms with Crippen molar-refractivity contribution in [2.24, 2.45) is 11.1 Å². The first-order chi connectivity index (χ1) is 9.22. The normalized spacial score (nSPS) is 18.2. The molecule has 1 fully saturated rings. The SMILES string of the molecule is CCN(Cc1ccco1)C(=O)C1(CN)CCOCC1. The molecular weight excluding hydrogens is 244 g/mol. The fourth-order valence-corrected chi connectivity index (χ4v) is 2.52. The zero-order valence-electron chi connectivity index (χ0n) is 11.4. The van der Waals surface area contributed by atoms with E-state index in [2.05, 4.69) is 0 Å². The number of ether oxygens (including phenoxy) is 1. The fraction of sp³-hybridized carbons (Fsp3) is 0.643. The summed E-state index contributed by atoms with van der Waals surface area (Å²) in [5.74, 6) is 0.923. The fourth-order valence-electron chi connectivity index (χ4n) is 2.52. The summed E-state index contributed by atoms with van der Waals surface area (Å²) in [6, 6.07) is 3.72. The van der Waals surface area contributed by atoms with Gasteiger partial charge in [0.1, 0.15) is 5.76 Å². The first-order valence-corrected chi connectivity index (χ1v) is 6.81. The predicted octanol–water partition coefficient (Wildman–Crippen LogP) is 1.38. The molecule has 19 heavy (non-hydrogen) atoms. The summed E-state index contributed by atoms with van der Waals surface area (Å²) in [5.41, 5.74) is 5.42. The molecule has 1 aliphatic heterocycles. The molecule has 0 aromatic carbocycles. The molecule has 0 radical (unpaired) electrons. The van der Waals surface area contributed by atoms with Gasteiger partial charge in [-0.1, -0.05) is 0 Å². The van der Waals surface area contributed by atoms with Crippen molar-refractivity contribution in [1.82, 2.24) is 4.90 Å². The van der Waals surface area contributed by atoms with E-state index in [0.29, 0.717) is 45.7 Å². The van der Waals surface area contributed by atoms with Crippen molar-refractivity contribution in [1.29, 1.82) is 0 Å². The monoisotopic (exact) mass is 266 g/mol. The maximum atomic E-state index is 12.8. The highest BCUT2D eigenvalue weighted by Gasteiger charge is 2.41. The van der Waals surface area contributed by atoms with E-state index >= 15 is 0 Å². The van der Waals surface area contributed by atoms with Crippen molar-refractivity contribution < 1.29 is 13.9 Å². The van der Waals surface area contributed by atoms with Crippen LogP contribution in [0.3, 0.4) is 0 Å². The predicted molar refractivity (Wildman–Crippen MR) is 71.3 cm³/mol. The van der Waals surface area contributed by atoms with Crippen LogP contribution < -0.4 is 5.73 Å². The molecule has 5 nitrogen and oxygen atoms in total. The second-order valence-corrected chi connectivity index (χ2v) is 5.00. The molecule has 0 atom stereocenters. The molecule has 5 heteroatoms. The number of hydrogen-bond donors (Lipinski definition) is 1. The third-order valence-electron chi connectivity index (χ3n) is 3.89. The standard InChI is InChI=1S/C14H22N2O3/c1-2-16(10-12-4-3-7-19-12)13(17)14(11-15)5-8-18-9-6-14/h3-4,7H,2,5-6,8-11,15H2,1H3. The van der Waals surface area contributed by atoms with E-state index in [0.717, 1.165) is 5.76 Å². The van der Waals surface area contributed by atoms with E-state index in [1.54, 1.807) is 6.26 Å². The Labute approximate surface area is 113 Å². The van der Waals surface area contributed by atoms with Gasteiger partial charge in [-0.15, -0.1) is 0 Å². The van der Waals surface area contributed by atoms with E-state index in [9.17, 15) is 4.79 Å². The van der Waals surface area contributed by atoms with Crippen molar-refractivity contribution in [2.45, 2.75) is 26.3 Å². The summed E-state index contributed by atoms with van der Waals surface area (Å²) in [5, 5.41) is 0. The minimum absolute atomic E-state index is 0.122. The van der Waals surface area contributed by atoms with Crippen LogP contribution in [0.1, 0.15) is 25.5 Å². The van der Waals surface area contributed by atoms with Gasteiger partial charge < -0.3 is 19.8 Å². The smallest absolute Gasteiger partial charge is 0.230 e. The van der Waals surface area contributed by atoms with E-state index in [1.807, 2.05) is 24.0 Å². The molecule has 1 saturated heterocycles. The summed E-state index contributed by atoms with van der Waals surface area (Å²) in [6.07, 6.45) is 3.04. The molecule has 2 N–H and O–H groups in total. The Kier molecular flexibility index (Phi) is 4.61. The van der Waals surface area contributed by atoms with Gasteiger partial charge in [0.05, 0.1) is 18.2 Å². The van der Waals surface area contributed by atoms with Crippen LogP contribution in [0.15, 0.2) is 22.8 Å². The molecular formula is C14H22N2O3. The van der Waals surface area contributed by atoms with Gasteiger partial charge in [-0.2, -0.15) is 0 Å². The Balaban J connectivity index is 2.10. The van der Waals surface area contributed by atoms with E-state index in [-0.39, 0.29) is 5.91 Å². The Morgan fingerprint density at radius 1 is 1.47 bits per heavy atom. The van der Waals surface area contributed by atoms with Crippen LogP contribution >= 0.6 is 0 Å². The van der Waals surface area contributed by atoms with Crippen LogP contribution in [-0.4, -0.2) is 37.1 Å². The molecule has 0 spiro atoms. The van der Waals surface area contributed by atoms with Gasteiger partial charge >= 0.3 is 0 Å². The highest BCUT2D eigenvalue weighted by molar-refractivity contribution is 5.83. The van der Waals surface area contributed by atoms with Gasteiger partial charge in [0, 0.05) is 26.3 Å². The number of furan rings is 1. The topological polar surface area (TPSA) is 68.7 Å². The summed E-state index contributed by atoms with van der Waals surface area (Å²) >= 11 is 0. The average Bonchev–Trinajstić information content (AvgIpc) is 2.97. The Morgan fingerprint density at radius 3 is 2.74 bits per heavy atom. The van der Waals surface area contributed by atoms with E-state index in [4.69, 9.17) is 14.9 Å². The number of carbonyl (C=O) groups excluding carboxylic acids is 1. The molecule has 0 bridgehead atoms. The number of nitrogens with zero attached hydrogens (tertiary/aromatic N) is 1. The number of carbonyl (C=O) groups is 1.